The van der Waals surface area contributed by atoms with Crippen LogP contribution in [0.15, 0.2) is 77.2 Å². The summed E-state index contributed by atoms with van der Waals surface area (Å²) >= 11 is 0. The summed E-state index contributed by atoms with van der Waals surface area (Å²) in [5.41, 5.74) is 2.82. The Balaban J connectivity index is 1.33. The van der Waals surface area contributed by atoms with Crippen LogP contribution in [0.3, 0.4) is 0 Å². The highest BCUT2D eigenvalue weighted by atomic mass is 16.5. The highest BCUT2D eigenvalue weighted by Gasteiger charge is 2.12. The zero-order valence-electron chi connectivity index (χ0n) is 17.4. The summed E-state index contributed by atoms with van der Waals surface area (Å²) in [5, 5.41) is 11.5. The van der Waals surface area contributed by atoms with Crippen molar-refractivity contribution in [1.29, 1.82) is 0 Å². The molecule has 0 unspecified atom stereocenters. The average molecular weight is 417 g/mol. The third-order valence-electron chi connectivity index (χ3n) is 4.64. The fraction of sp³-hybridized carbons (Fsp3) is 0.167. The number of methoxy groups -OCH3 is 2. The Morgan fingerprint density at radius 3 is 2.35 bits per heavy atom. The smallest absolute Gasteiger partial charge is 0.247 e. The number of aromatic nitrogens is 2. The Hall–Kier alpha value is -4.00. The molecule has 3 aromatic carbocycles. The van der Waals surface area contributed by atoms with Crippen molar-refractivity contribution < 1.29 is 18.6 Å². The van der Waals surface area contributed by atoms with Crippen LogP contribution in [0.25, 0.3) is 11.5 Å². The minimum atomic E-state index is 0.407. The van der Waals surface area contributed by atoms with Crippen molar-refractivity contribution in [3.05, 3.63) is 84.3 Å². The number of hydrogen-bond donors (Lipinski definition) is 1. The number of ether oxygens (including phenoxy) is 3. The first kappa shape index (κ1) is 20.3. The minimum absolute atomic E-state index is 0.407. The van der Waals surface area contributed by atoms with Crippen molar-refractivity contribution in [2.45, 2.75) is 13.2 Å². The van der Waals surface area contributed by atoms with Crippen molar-refractivity contribution in [1.82, 2.24) is 10.2 Å². The number of benzene rings is 3. The molecule has 0 saturated heterocycles. The molecule has 0 aliphatic carbocycles. The van der Waals surface area contributed by atoms with E-state index < -0.39 is 0 Å². The van der Waals surface area contributed by atoms with E-state index in [1.807, 2.05) is 60.7 Å². The number of anilines is 1. The Morgan fingerprint density at radius 2 is 1.61 bits per heavy atom. The van der Waals surface area contributed by atoms with Crippen LogP contribution < -0.4 is 19.5 Å². The van der Waals surface area contributed by atoms with Gasteiger partial charge in [-0.2, -0.15) is 0 Å². The Kier molecular flexibility index (Phi) is 6.32. The second kappa shape index (κ2) is 9.67. The summed E-state index contributed by atoms with van der Waals surface area (Å²) in [6.07, 6.45) is 0. The first-order valence-corrected chi connectivity index (χ1v) is 9.80. The number of nitrogens with zero attached hydrogens (tertiary/aromatic N) is 2. The summed E-state index contributed by atoms with van der Waals surface area (Å²) < 4.78 is 22.2. The summed E-state index contributed by atoms with van der Waals surface area (Å²) in [5.74, 6) is 2.95. The topological polar surface area (TPSA) is 78.6 Å². The van der Waals surface area contributed by atoms with Crippen LogP contribution in [0.4, 0.5) is 5.69 Å². The molecule has 0 atom stereocenters. The molecule has 0 aliphatic heterocycles. The van der Waals surface area contributed by atoms with Crippen LogP contribution in [0.2, 0.25) is 0 Å². The van der Waals surface area contributed by atoms with Gasteiger partial charge in [-0.1, -0.05) is 30.3 Å². The van der Waals surface area contributed by atoms with Gasteiger partial charge in [0.1, 0.15) is 12.4 Å². The predicted octanol–water partition coefficient (Wildman–Crippen LogP) is 4.94. The summed E-state index contributed by atoms with van der Waals surface area (Å²) in [7, 11) is 3.18. The highest BCUT2D eigenvalue weighted by molar-refractivity contribution is 5.59. The Bertz CT molecular complexity index is 1110. The Morgan fingerprint density at radius 1 is 0.839 bits per heavy atom. The molecule has 0 radical (unpaired) electrons. The molecule has 0 amide bonds. The van der Waals surface area contributed by atoms with E-state index in [9.17, 15) is 0 Å². The molecule has 7 nitrogen and oxygen atoms in total. The van der Waals surface area contributed by atoms with Gasteiger partial charge in [0.15, 0.2) is 11.5 Å². The maximum atomic E-state index is 5.81. The molecule has 1 aromatic heterocycles. The highest BCUT2D eigenvalue weighted by Crippen LogP contribution is 2.31. The van der Waals surface area contributed by atoms with Crippen LogP contribution in [0, 0.1) is 0 Å². The molecule has 0 aliphatic rings. The quantitative estimate of drug-likeness (QED) is 0.413. The maximum absolute atomic E-state index is 5.81. The van der Waals surface area contributed by atoms with Gasteiger partial charge in [-0.3, -0.25) is 0 Å². The molecule has 0 fully saturated rings. The number of hydrogen-bond acceptors (Lipinski definition) is 7. The molecule has 1 heterocycles. The average Bonchev–Trinajstić information content (AvgIpc) is 3.31. The van der Waals surface area contributed by atoms with Gasteiger partial charge in [0.05, 0.1) is 20.8 Å². The van der Waals surface area contributed by atoms with Crippen molar-refractivity contribution in [3.8, 4) is 28.7 Å². The molecule has 0 spiro atoms. The minimum Gasteiger partial charge on any atom is -0.493 e. The van der Waals surface area contributed by atoms with Crippen LogP contribution in [-0.4, -0.2) is 24.4 Å². The van der Waals surface area contributed by atoms with E-state index in [4.69, 9.17) is 18.6 Å². The Labute approximate surface area is 180 Å². The normalized spacial score (nSPS) is 10.5. The number of nitrogens with one attached hydrogen (secondary N) is 1. The van der Waals surface area contributed by atoms with Crippen LogP contribution in [0.5, 0.6) is 17.2 Å². The van der Waals surface area contributed by atoms with Crippen molar-refractivity contribution in [3.63, 3.8) is 0 Å². The lowest BCUT2D eigenvalue weighted by molar-refractivity contribution is 0.306. The van der Waals surface area contributed by atoms with E-state index in [2.05, 4.69) is 15.5 Å². The van der Waals surface area contributed by atoms with Gasteiger partial charge in [0.2, 0.25) is 11.8 Å². The summed E-state index contributed by atoms with van der Waals surface area (Å²) in [6.45, 7) is 0.943. The molecule has 0 bridgehead atoms. The van der Waals surface area contributed by atoms with Crippen LogP contribution >= 0.6 is 0 Å². The maximum Gasteiger partial charge on any atom is 0.247 e. The second-order valence-electron chi connectivity index (χ2n) is 6.72. The molecule has 0 saturated carbocycles. The van der Waals surface area contributed by atoms with Gasteiger partial charge in [-0.15, -0.1) is 10.2 Å². The lowest BCUT2D eigenvalue weighted by Gasteiger charge is -2.08. The van der Waals surface area contributed by atoms with E-state index in [1.54, 1.807) is 26.4 Å². The lowest BCUT2D eigenvalue weighted by atomic mass is 10.2. The van der Waals surface area contributed by atoms with E-state index in [1.165, 1.54) is 0 Å². The first-order valence-electron chi connectivity index (χ1n) is 9.80. The lowest BCUT2D eigenvalue weighted by Crippen LogP contribution is -2.00. The van der Waals surface area contributed by atoms with Gasteiger partial charge in [-0.05, 0) is 48.0 Å². The molecule has 31 heavy (non-hydrogen) atoms. The molecule has 4 aromatic rings. The largest absolute Gasteiger partial charge is 0.493 e. The van der Waals surface area contributed by atoms with Crippen LogP contribution in [-0.2, 0) is 13.2 Å². The monoisotopic (exact) mass is 417 g/mol. The standard InChI is InChI=1S/C24H23N3O4/c1-28-21-13-8-18(14-22(21)29-2)24-27-26-23(31-24)15-25-19-9-11-20(12-10-19)30-16-17-6-4-3-5-7-17/h3-14,25H,15-16H2,1-2H3. The molecule has 1 N–H and O–H groups in total. The van der Waals surface area contributed by atoms with Gasteiger partial charge in [0, 0.05) is 11.3 Å². The van der Waals surface area contributed by atoms with Crippen LogP contribution in [0.1, 0.15) is 11.5 Å². The first-order chi connectivity index (χ1) is 15.2. The second-order valence-corrected chi connectivity index (χ2v) is 6.72. The summed E-state index contributed by atoms with van der Waals surface area (Å²) in [4.78, 5) is 0. The van der Waals surface area contributed by atoms with Gasteiger partial charge < -0.3 is 23.9 Å². The zero-order chi connectivity index (χ0) is 21.5. The number of rotatable bonds is 9. The van der Waals surface area contributed by atoms with Gasteiger partial charge in [-0.25, -0.2) is 0 Å². The van der Waals surface area contributed by atoms with E-state index in [-0.39, 0.29) is 0 Å². The van der Waals surface area contributed by atoms with Gasteiger partial charge in [0.25, 0.3) is 0 Å². The molecule has 7 heteroatoms. The van der Waals surface area contributed by atoms with Crippen molar-refractivity contribution in [2.24, 2.45) is 0 Å². The molecular formula is C24H23N3O4. The molecule has 4 rings (SSSR count). The third kappa shape index (κ3) is 5.14. The van der Waals surface area contributed by atoms with E-state index in [0.717, 1.165) is 22.6 Å². The SMILES string of the molecule is COc1ccc(-c2nnc(CNc3ccc(OCc4ccccc4)cc3)o2)cc1OC. The van der Waals surface area contributed by atoms with Gasteiger partial charge >= 0.3 is 0 Å². The summed E-state index contributed by atoms with van der Waals surface area (Å²) in [6, 6.07) is 23.3. The van der Waals surface area contributed by atoms with E-state index >= 15 is 0 Å². The fourth-order valence-corrected chi connectivity index (χ4v) is 3.00. The predicted molar refractivity (Wildman–Crippen MR) is 117 cm³/mol. The fourth-order valence-electron chi connectivity index (χ4n) is 3.00. The molecular weight excluding hydrogens is 394 g/mol. The van der Waals surface area contributed by atoms with E-state index in [0.29, 0.717) is 36.4 Å². The third-order valence-corrected chi connectivity index (χ3v) is 4.64. The van der Waals surface area contributed by atoms with Crippen molar-refractivity contribution in [2.75, 3.05) is 19.5 Å². The van der Waals surface area contributed by atoms with Crippen molar-refractivity contribution >= 4 is 5.69 Å². The zero-order valence-corrected chi connectivity index (χ0v) is 17.4. The molecule has 158 valence electrons.